The van der Waals surface area contributed by atoms with E-state index in [-0.39, 0.29) is 49.8 Å². The van der Waals surface area contributed by atoms with Crippen molar-refractivity contribution in [2.24, 2.45) is 23.7 Å². The van der Waals surface area contributed by atoms with Gasteiger partial charge in [0.2, 0.25) is 0 Å². The number of pyridine rings is 1. The smallest absolute Gasteiger partial charge is 0.410 e. The van der Waals surface area contributed by atoms with Crippen molar-refractivity contribution in [2.75, 3.05) is 27.2 Å². The number of aliphatic hydroxyl groups excluding tert-OH is 1. The molecule has 1 aromatic carbocycles. The molecular weight excluding hydrogens is 859 g/mol. The topological polar surface area (TPSA) is 181 Å². The fourth-order valence-corrected chi connectivity index (χ4v) is 11.1. The number of benzene rings is 1. The number of fused-ring (bicyclic) bond motifs is 2. The van der Waals surface area contributed by atoms with Gasteiger partial charge in [-0.2, -0.15) is 0 Å². The van der Waals surface area contributed by atoms with Gasteiger partial charge in [-0.15, -0.1) is 0 Å². The van der Waals surface area contributed by atoms with Crippen LogP contribution in [0.5, 0.6) is 0 Å². The minimum atomic E-state index is -1.44. The van der Waals surface area contributed by atoms with Crippen molar-refractivity contribution in [1.29, 1.82) is 0 Å². The highest BCUT2D eigenvalue weighted by Gasteiger charge is 2.60. The van der Waals surface area contributed by atoms with Gasteiger partial charge in [-0.1, -0.05) is 52.8 Å². The second kappa shape index (κ2) is 21.9. The number of hydrogen-bond donors (Lipinski definition) is 1. The summed E-state index contributed by atoms with van der Waals surface area (Å²) in [6.07, 6.45) is -0.805. The Morgan fingerprint density at radius 2 is 1.73 bits per heavy atom. The molecule has 3 aromatic rings. The van der Waals surface area contributed by atoms with Crippen molar-refractivity contribution in [3.05, 3.63) is 60.7 Å². The summed E-state index contributed by atoms with van der Waals surface area (Å²) in [4.78, 5) is 70.5. The molecule has 5 heterocycles. The van der Waals surface area contributed by atoms with Crippen LogP contribution in [0.1, 0.15) is 113 Å². The zero-order chi connectivity index (χ0) is 49.0. The van der Waals surface area contributed by atoms with Crippen LogP contribution in [0.15, 0.2) is 55.0 Å². The molecule has 16 heteroatoms. The van der Waals surface area contributed by atoms with Crippen LogP contribution in [-0.4, -0.2) is 141 Å². The Bertz CT molecular complexity index is 2160. The molecule has 0 radical (unpaired) electrons. The van der Waals surface area contributed by atoms with E-state index in [1.807, 2.05) is 79.2 Å². The van der Waals surface area contributed by atoms with E-state index in [0.717, 1.165) is 11.0 Å². The lowest BCUT2D eigenvalue weighted by Crippen LogP contribution is -2.61. The molecule has 67 heavy (non-hydrogen) atoms. The average Bonchev–Trinajstić information content (AvgIpc) is 3.86. The van der Waals surface area contributed by atoms with Gasteiger partial charge in [-0.25, -0.2) is 9.78 Å². The maximum absolute atomic E-state index is 15.1. The number of rotatable bonds is 14. The molecule has 0 saturated carbocycles. The fourth-order valence-electron chi connectivity index (χ4n) is 11.1. The van der Waals surface area contributed by atoms with E-state index in [0.29, 0.717) is 31.5 Å². The molecular formula is C51H75N5O11. The lowest BCUT2D eigenvalue weighted by Gasteiger charge is -2.48. The van der Waals surface area contributed by atoms with Crippen molar-refractivity contribution in [2.45, 2.75) is 174 Å². The second-order valence-corrected chi connectivity index (χ2v) is 19.8. The standard InChI is InChI=1S/C51H75N5O11/c1-13-40-51(10)45(55(49(61)67-51)25-19-20-31(4)56-29-53-37-22-15-16-23-38(37)56)33(6)42(58)30(3)28-50(9,62-12)46(66-48-43(59)39(54(11)14-2)26-32(5)63-48)34(7)44(35(8)47(60)64-40)65-41(57)27-36-21-17-18-24-52-36/h15-18,21-24,29-35,39-40,43-46,48,59H,13-14,19-20,25-28H2,1-12H3/t30-,31?,32-,33+,34+,35-,39+,40-,43-,44+,45-,46-,48+,50-,51-/m1/s1. The van der Waals surface area contributed by atoms with Gasteiger partial charge in [-0.05, 0) is 105 Å². The number of methoxy groups -OCH3 is 1. The molecule has 3 saturated heterocycles. The molecule has 1 unspecified atom stereocenters. The van der Waals surface area contributed by atoms with Crippen molar-refractivity contribution in [3.8, 4) is 0 Å². The minimum absolute atomic E-state index is 0.0587. The third-order valence-corrected chi connectivity index (χ3v) is 15.0. The summed E-state index contributed by atoms with van der Waals surface area (Å²) < 4.78 is 40.9. The maximum atomic E-state index is 15.1. The number of aromatic nitrogens is 3. The van der Waals surface area contributed by atoms with Crippen LogP contribution < -0.4 is 0 Å². The third kappa shape index (κ3) is 11.0. The third-order valence-electron chi connectivity index (χ3n) is 15.0. The number of aliphatic hydroxyl groups is 1. The Labute approximate surface area is 396 Å². The van der Waals surface area contributed by atoms with Crippen molar-refractivity contribution in [3.63, 3.8) is 0 Å². The van der Waals surface area contributed by atoms with Crippen molar-refractivity contribution < 1.29 is 52.7 Å². The zero-order valence-corrected chi connectivity index (χ0v) is 41.6. The summed E-state index contributed by atoms with van der Waals surface area (Å²) in [6, 6.07) is 12.1. The minimum Gasteiger partial charge on any atom is -0.461 e. The number of imidazole rings is 1. The van der Waals surface area contributed by atoms with Crippen molar-refractivity contribution in [1.82, 2.24) is 24.3 Å². The highest BCUT2D eigenvalue weighted by molar-refractivity contribution is 5.85. The van der Waals surface area contributed by atoms with Crippen molar-refractivity contribution >= 4 is 34.8 Å². The molecule has 15 atom stereocenters. The monoisotopic (exact) mass is 934 g/mol. The van der Waals surface area contributed by atoms with Crippen LogP contribution >= 0.6 is 0 Å². The molecule has 6 rings (SSSR count). The molecule has 3 aliphatic rings. The number of Topliss-reactive ketones (excluding diaryl/α,β-unsaturated/α-hetero) is 1. The molecule has 3 aliphatic heterocycles. The number of esters is 2. The van der Waals surface area contributed by atoms with Gasteiger partial charge in [0.25, 0.3) is 0 Å². The van der Waals surface area contributed by atoms with Crippen LogP contribution in [0.4, 0.5) is 4.79 Å². The van der Waals surface area contributed by atoms with Crippen LogP contribution in [0.2, 0.25) is 0 Å². The molecule has 2 aromatic heterocycles. The Balaban J connectivity index is 1.38. The van der Waals surface area contributed by atoms with E-state index < -0.39 is 89.7 Å². The first-order chi connectivity index (χ1) is 31.8. The SMILES string of the molecule is CC[C@H]1OC(=O)[C@H](C)[C@@H](OC(=O)Cc2ccccn2)[C@H](C)[C@@H](O[C@@H]2O[C@H](C)C[C@H](N(C)CC)[C@H]2O)[C@](C)(OC)C[C@@H](C)C(=O)[C@H](C)[C@H]2N(CCCC(C)n3cnc4ccccc43)C(=O)O[C@]12C. The zero-order valence-electron chi connectivity index (χ0n) is 41.6. The van der Waals surface area contributed by atoms with Gasteiger partial charge in [-0.3, -0.25) is 19.4 Å². The number of cyclic esters (lactones) is 1. The number of ether oxygens (including phenoxy) is 6. The largest absolute Gasteiger partial charge is 0.461 e. The summed E-state index contributed by atoms with van der Waals surface area (Å²) in [6.45, 7) is 19.5. The van der Waals surface area contributed by atoms with E-state index in [4.69, 9.17) is 28.4 Å². The normalized spacial score (nSPS) is 34.9. The average molecular weight is 934 g/mol. The van der Waals surface area contributed by atoms with Crippen LogP contribution in [0.3, 0.4) is 0 Å². The highest BCUT2D eigenvalue weighted by Crippen LogP contribution is 2.44. The van der Waals surface area contributed by atoms with Gasteiger partial charge in [0.05, 0.1) is 59.2 Å². The number of amides is 1. The Kier molecular flexibility index (Phi) is 16.9. The number of carbonyl (C=O) groups excluding carboxylic acids is 4. The Hall–Kier alpha value is -4.48. The molecule has 0 bridgehead atoms. The van der Waals surface area contributed by atoms with Gasteiger partial charge in [0.1, 0.15) is 24.1 Å². The Morgan fingerprint density at radius 1 is 1.01 bits per heavy atom. The molecule has 16 nitrogen and oxygen atoms in total. The lowest BCUT2D eigenvalue weighted by atomic mass is 9.73. The first-order valence-corrected chi connectivity index (χ1v) is 24.3. The van der Waals surface area contributed by atoms with Crippen LogP contribution in [0.25, 0.3) is 11.0 Å². The number of likely N-dealkylation sites (N-methyl/N-ethyl adjacent to an activating group) is 1. The number of ketones is 1. The number of carbonyl (C=O) groups is 4. The second-order valence-electron chi connectivity index (χ2n) is 19.8. The molecule has 1 N–H and O–H groups in total. The van der Waals surface area contributed by atoms with Gasteiger partial charge in [0, 0.05) is 49.7 Å². The van der Waals surface area contributed by atoms with Crippen LogP contribution in [0, 0.1) is 23.7 Å². The molecule has 0 aliphatic carbocycles. The summed E-state index contributed by atoms with van der Waals surface area (Å²) >= 11 is 0. The predicted octanol–water partition coefficient (Wildman–Crippen LogP) is 6.95. The highest BCUT2D eigenvalue weighted by atomic mass is 16.7. The Morgan fingerprint density at radius 3 is 2.40 bits per heavy atom. The van der Waals surface area contributed by atoms with Gasteiger partial charge < -0.3 is 47.9 Å². The summed E-state index contributed by atoms with van der Waals surface area (Å²) in [5, 5.41) is 11.9. The van der Waals surface area contributed by atoms with E-state index in [1.54, 1.807) is 50.1 Å². The number of hydrogen-bond acceptors (Lipinski definition) is 14. The maximum Gasteiger partial charge on any atom is 0.410 e. The predicted molar refractivity (Wildman–Crippen MR) is 251 cm³/mol. The first-order valence-electron chi connectivity index (χ1n) is 24.3. The van der Waals surface area contributed by atoms with Crippen LogP contribution in [-0.2, 0) is 49.2 Å². The van der Waals surface area contributed by atoms with E-state index >= 15 is 4.79 Å². The molecule has 1 amide bonds. The van der Waals surface area contributed by atoms with Gasteiger partial charge in [0.15, 0.2) is 11.9 Å². The lowest BCUT2D eigenvalue weighted by molar-refractivity contribution is -0.302. The molecule has 0 spiro atoms. The van der Waals surface area contributed by atoms with E-state index in [9.17, 15) is 19.5 Å². The summed E-state index contributed by atoms with van der Waals surface area (Å²) in [5.74, 6) is -4.82. The number of nitrogens with zero attached hydrogens (tertiary/aromatic N) is 5. The summed E-state index contributed by atoms with van der Waals surface area (Å²) in [7, 11) is 3.47. The van der Waals surface area contributed by atoms with E-state index in [1.165, 1.54) is 7.11 Å². The quantitative estimate of drug-likeness (QED) is 0.130. The summed E-state index contributed by atoms with van der Waals surface area (Å²) in [5.41, 5.74) is -0.336. The first kappa shape index (κ1) is 51.9. The molecule has 370 valence electrons. The van der Waals surface area contributed by atoms with E-state index in [2.05, 4.69) is 26.4 Å². The molecule has 3 fully saturated rings. The fraction of sp³-hybridized carbons (Fsp3) is 0.686. The van der Waals surface area contributed by atoms with Gasteiger partial charge >= 0.3 is 18.0 Å². The number of para-hydroxylation sites is 2.